The van der Waals surface area contributed by atoms with E-state index in [9.17, 15) is 4.79 Å². The molecule has 0 saturated carbocycles. The molecule has 0 fully saturated rings. The van der Waals surface area contributed by atoms with E-state index in [1.807, 2.05) is 12.1 Å². The molecule has 3 N–H and O–H groups in total. The van der Waals surface area contributed by atoms with Gasteiger partial charge in [0, 0.05) is 18.1 Å². The highest BCUT2D eigenvalue weighted by atomic mass is 79.9. The van der Waals surface area contributed by atoms with Crippen molar-refractivity contribution < 1.29 is 14.6 Å². The second-order valence-corrected chi connectivity index (χ2v) is 4.23. The third-order valence-electron chi connectivity index (χ3n) is 2.33. The van der Waals surface area contributed by atoms with Crippen LogP contribution in [0.25, 0.3) is 0 Å². The number of rotatable bonds is 5. The first-order chi connectivity index (χ1) is 7.61. The maximum absolute atomic E-state index is 11.1. The molecule has 0 aliphatic heterocycles. The number of carboxylic acid groups (broad SMARTS) is 1. The summed E-state index contributed by atoms with van der Waals surface area (Å²) in [4.78, 5) is 11.1. The molecule has 0 heterocycles. The van der Waals surface area contributed by atoms with Crippen LogP contribution in [0, 0.1) is 0 Å². The van der Waals surface area contributed by atoms with Gasteiger partial charge in [0.2, 0.25) is 0 Å². The maximum atomic E-state index is 11.1. The zero-order valence-corrected chi connectivity index (χ0v) is 10.5. The Morgan fingerprint density at radius 3 is 2.81 bits per heavy atom. The summed E-state index contributed by atoms with van der Waals surface area (Å²) in [6.07, 6.45) is 0. The second-order valence-electron chi connectivity index (χ2n) is 3.37. The summed E-state index contributed by atoms with van der Waals surface area (Å²) >= 11 is 3.35. The lowest BCUT2D eigenvalue weighted by Crippen LogP contribution is -2.23. The van der Waals surface area contributed by atoms with Crippen molar-refractivity contribution in [3.05, 3.63) is 33.8 Å². The largest absolute Gasteiger partial charge is 0.481 e. The molecule has 16 heavy (non-hydrogen) atoms. The topological polar surface area (TPSA) is 72.5 Å². The first-order valence-corrected chi connectivity index (χ1v) is 5.60. The molecule has 1 atom stereocenters. The quantitative estimate of drug-likeness (QED) is 0.865. The molecule has 0 aromatic heterocycles. The molecule has 0 saturated heterocycles. The van der Waals surface area contributed by atoms with Crippen LogP contribution in [0.3, 0.4) is 0 Å². The van der Waals surface area contributed by atoms with Crippen LogP contribution in [0.5, 0.6) is 0 Å². The molecule has 1 unspecified atom stereocenters. The van der Waals surface area contributed by atoms with E-state index in [2.05, 4.69) is 15.9 Å². The average molecular weight is 288 g/mol. The van der Waals surface area contributed by atoms with E-state index < -0.39 is 11.9 Å². The van der Waals surface area contributed by atoms with E-state index in [1.165, 1.54) is 0 Å². The van der Waals surface area contributed by atoms with Gasteiger partial charge in [-0.1, -0.05) is 28.1 Å². The van der Waals surface area contributed by atoms with Crippen molar-refractivity contribution in [3.63, 3.8) is 0 Å². The average Bonchev–Trinajstić information content (AvgIpc) is 2.23. The van der Waals surface area contributed by atoms with Crippen LogP contribution in [0.4, 0.5) is 0 Å². The van der Waals surface area contributed by atoms with Gasteiger partial charge in [0.1, 0.15) is 0 Å². The van der Waals surface area contributed by atoms with Gasteiger partial charge in [-0.25, -0.2) is 0 Å². The SMILES string of the molecule is COCc1cccc(Br)c1C(CN)C(=O)O. The summed E-state index contributed by atoms with van der Waals surface area (Å²) in [7, 11) is 1.57. The number of carbonyl (C=O) groups is 1. The first-order valence-electron chi connectivity index (χ1n) is 4.81. The second kappa shape index (κ2) is 5.98. The smallest absolute Gasteiger partial charge is 0.312 e. The lowest BCUT2D eigenvalue weighted by molar-refractivity contribution is -0.138. The summed E-state index contributed by atoms with van der Waals surface area (Å²) < 4.78 is 5.79. The Labute approximate surface area is 103 Å². The molecule has 0 amide bonds. The minimum absolute atomic E-state index is 0.0641. The molecule has 1 aromatic carbocycles. The molecule has 5 heteroatoms. The molecule has 0 radical (unpaired) electrons. The number of carboxylic acids is 1. The van der Waals surface area contributed by atoms with E-state index in [4.69, 9.17) is 15.6 Å². The van der Waals surface area contributed by atoms with Gasteiger partial charge in [0.25, 0.3) is 0 Å². The number of hydrogen-bond acceptors (Lipinski definition) is 3. The van der Waals surface area contributed by atoms with Crippen molar-refractivity contribution in [1.82, 2.24) is 0 Å². The van der Waals surface area contributed by atoms with Gasteiger partial charge in [0.05, 0.1) is 12.5 Å². The minimum Gasteiger partial charge on any atom is -0.481 e. The van der Waals surface area contributed by atoms with Gasteiger partial charge in [-0.3, -0.25) is 4.79 Å². The van der Waals surface area contributed by atoms with Crippen LogP contribution in [0.15, 0.2) is 22.7 Å². The fourth-order valence-electron chi connectivity index (χ4n) is 1.60. The molecule has 1 rings (SSSR count). The van der Waals surface area contributed by atoms with E-state index in [0.29, 0.717) is 12.2 Å². The Morgan fingerprint density at radius 1 is 1.62 bits per heavy atom. The Morgan fingerprint density at radius 2 is 2.31 bits per heavy atom. The summed E-state index contributed by atoms with van der Waals surface area (Å²) in [6.45, 7) is 0.438. The Kier molecular flexibility index (Phi) is 4.92. The van der Waals surface area contributed by atoms with Gasteiger partial charge < -0.3 is 15.6 Å². The van der Waals surface area contributed by atoms with Gasteiger partial charge in [-0.15, -0.1) is 0 Å². The number of hydrogen-bond donors (Lipinski definition) is 2. The summed E-state index contributed by atoms with van der Waals surface area (Å²) in [6, 6.07) is 5.49. The minimum atomic E-state index is -0.924. The first kappa shape index (κ1) is 13.2. The highest BCUT2D eigenvalue weighted by Crippen LogP contribution is 2.28. The summed E-state index contributed by atoms with van der Waals surface area (Å²) in [5.74, 6) is -1.63. The van der Waals surface area contributed by atoms with Gasteiger partial charge in [0.15, 0.2) is 0 Å². The number of nitrogens with two attached hydrogens (primary N) is 1. The lowest BCUT2D eigenvalue weighted by atomic mass is 9.94. The predicted octanol–water partition coefficient (Wildman–Crippen LogP) is 1.72. The van der Waals surface area contributed by atoms with Gasteiger partial charge in [-0.2, -0.15) is 0 Å². The van der Waals surface area contributed by atoms with Crippen LogP contribution < -0.4 is 5.73 Å². The molecule has 4 nitrogen and oxygen atoms in total. The van der Waals surface area contributed by atoms with E-state index in [0.717, 1.165) is 10.0 Å². The zero-order chi connectivity index (χ0) is 12.1. The van der Waals surface area contributed by atoms with Crippen LogP contribution in [0.2, 0.25) is 0 Å². The van der Waals surface area contributed by atoms with Crippen molar-refractivity contribution in [2.24, 2.45) is 5.73 Å². The van der Waals surface area contributed by atoms with E-state index in [1.54, 1.807) is 13.2 Å². The number of ether oxygens (including phenoxy) is 1. The summed E-state index contributed by atoms with van der Waals surface area (Å²) in [5.41, 5.74) is 7.03. The van der Waals surface area contributed by atoms with Gasteiger partial charge in [-0.05, 0) is 17.2 Å². The molecule has 0 aliphatic carbocycles. The van der Waals surface area contributed by atoms with Crippen LogP contribution in [-0.4, -0.2) is 24.7 Å². The third-order valence-corrected chi connectivity index (χ3v) is 3.02. The standard InChI is InChI=1S/C11H14BrNO3/c1-16-6-7-3-2-4-9(12)10(7)8(5-13)11(14)15/h2-4,8H,5-6,13H2,1H3,(H,14,15). The van der Waals surface area contributed by atoms with Crippen molar-refractivity contribution in [2.45, 2.75) is 12.5 Å². The van der Waals surface area contributed by atoms with Crippen LogP contribution in [0.1, 0.15) is 17.0 Å². The molecule has 1 aromatic rings. The number of halogens is 1. The Balaban J connectivity index is 3.22. The zero-order valence-electron chi connectivity index (χ0n) is 8.94. The number of aliphatic carboxylic acids is 1. The monoisotopic (exact) mass is 287 g/mol. The fraction of sp³-hybridized carbons (Fsp3) is 0.364. The molecular weight excluding hydrogens is 274 g/mol. The number of methoxy groups -OCH3 is 1. The third kappa shape index (κ3) is 2.81. The fourth-order valence-corrected chi connectivity index (χ4v) is 2.28. The predicted molar refractivity (Wildman–Crippen MR) is 64.3 cm³/mol. The van der Waals surface area contributed by atoms with Crippen LogP contribution in [-0.2, 0) is 16.1 Å². The molecule has 0 aliphatic rings. The van der Waals surface area contributed by atoms with Crippen molar-refractivity contribution in [3.8, 4) is 0 Å². The highest BCUT2D eigenvalue weighted by molar-refractivity contribution is 9.10. The highest BCUT2D eigenvalue weighted by Gasteiger charge is 2.23. The maximum Gasteiger partial charge on any atom is 0.312 e. The Bertz CT molecular complexity index is 381. The van der Waals surface area contributed by atoms with Crippen molar-refractivity contribution in [2.75, 3.05) is 13.7 Å². The normalized spacial score (nSPS) is 12.4. The number of benzene rings is 1. The Hall–Kier alpha value is -0.910. The summed E-state index contributed by atoms with van der Waals surface area (Å²) in [5, 5.41) is 9.10. The van der Waals surface area contributed by atoms with Crippen molar-refractivity contribution >= 4 is 21.9 Å². The molecule has 0 bridgehead atoms. The van der Waals surface area contributed by atoms with Crippen LogP contribution >= 0.6 is 15.9 Å². The lowest BCUT2D eigenvalue weighted by Gasteiger charge is -2.16. The van der Waals surface area contributed by atoms with Gasteiger partial charge >= 0.3 is 5.97 Å². The van der Waals surface area contributed by atoms with E-state index >= 15 is 0 Å². The molecular formula is C11H14BrNO3. The molecule has 0 spiro atoms. The molecule has 88 valence electrons. The van der Waals surface area contributed by atoms with Crippen molar-refractivity contribution in [1.29, 1.82) is 0 Å². The van der Waals surface area contributed by atoms with E-state index in [-0.39, 0.29) is 6.54 Å².